The highest BCUT2D eigenvalue weighted by Crippen LogP contribution is 2.07. The molecule has 138 valence electrons. The molecule has 0 bridgehead atoms. The first-order valence-corrected chi connectivity index (χ1v) is 8.46. The van der Waals surface area contributed by atoms with E-state index in [-0.39, 0.29) is 25.2 Å². The number of carboxylic acids is 1. The van der Waals surface area contributed by atoms with Crippen molar-refractivity contribution in [1.29, 1.82) is 0 Å². The number of ether oxygens (including phenoxy) is 1. The number of aliphatic hydroxyl groups excluding tert-OH is 1. The Hall–Kier alpha value is -1.66. The molecule has 0 aromatic heterocycles. The van der Waals surface area contributed by atoms with Crippen LogP contribution in [0.2, 0.25) is 0 Å². The lowest BCUT2D eigenvalue weighted by Crippen LogP contribution is -2.36. The summed E-state index contributed by atoms with van der Waals surface area (Å²) in [5.41, 5.74) is 0. The lowest BCUT2D eigenvalue weighted by Gasteiger charge is -2.25. The molecule has 0 spiro atoms. The van der Waals surface area contributed by atoms with E-state index >= 15 is 0 Å². The van der Waals surface area contributed by atoms with Gasteiger partial charge in [0.05, 0.1) is 12.7 Å². The highest BCUT2D eigenvalue weighted by molar-refractivity contribution is 5.74. The Morgan fingerprint density at radius 2 is 1.92 bits per heavy atom. The normalized spacial score (nSPS) is 14.2. The highest BCUT2D eigenvalue weighted by atomic mass is 16.5. The monoisotopic (exact) mass is 341 g/mol. The van der Waals surface area contributed by atoms with E-state index in [9.17, 15) is 14.7 Å². The predicted molar refractivity (Wildman–Crippen MR) is 93.7 cm³/mol. The fourth-order valence-corrected chi connectivity index (χ4v) is 2.14. The van der Waals surface area contributed by atoms with Gasteiger partial charge >= 0.3 is 5.97 Å². The van der Waals surface area contributed by atoms with Gasteiger partial charge in [-0.3, -0.25) is 4.79 Å². The van der Waals surface area contributed by atoms with Crippen LogP contribution in [0.25, 0.3) is 0 Å². The molecule has 0 aliphatic carbocycles. The Morgan fingerprint density at radius 1 is 1.21 bits per heavy atom. The van der Waals surface area contributed by atoms with E-state index in [1.165, 1.54) is 6.92 Å². The molecule has 1 amide bonds. The topological polar surface area (TPSA) is 87.1 Å². The van der Waals surface area contributed by atoms with Gasteiger partial charge in [-0.05, 0) is 13.3 Å². The quantitative estimate of drug-likeness (QED) is 0.397. The van der Waals surface area contributed by atoms with Gasteiger partial charge in [-0.2, -0.15) is 0 Å². The molecule has 0 aromatic carbocycles. The summed E-state index contributed by atoms with van der Waals surface area (Å²) in [6.07, 6.45) is 10.5. The van der Waals surface area contributed by atoms with E-state index in [2.05, 4.69) is 6.92 Å². The number of rotatable bonds is 13. The summed E-state index contributed by atoms with van der Waals surface area (Å²) in [5.74, 6) is -1.08. The van der Waals surface area contributed by atoms with E-state index in [4.69, 9.17) is 9.84 Å². The Labute approximate surface area is 144 Å². The van der Waals surface area contributed by atoms with Crippen LogP contribution in [0.1, 0.15) is 46.5 Å². The van der Waals surface area contributed by atoms with Crippen molar-refractivity contribution in [2.75, 3.05) is 19.8 Å². The van der Waals surface area contributed by atoms with Crippen molar-refractivity contribution in [3.63, 3.8) is 0 Å². The molecule has 6 nitrogen and oxygen atoms in total. The van der Waals surface area contributed by atoms with Crippen LogP contribution in [0.4, 0.5) is 0 Å². The highest BCUT2D eigenvalue weighted by Gasteiger charge is 2.13. The molecule has 0 aliphatic heterocycles. The van der Waals surface area contributed by atoms with E-state index < -0.39 is 12.1 Å². The molecule has 0 saturated heterocycles. The van der Waals surface area contributed by atoms with Gasteiger partial charge in [0.25, 0.3) is 0 Å². The minimum atomic E-state index is -1.01. The van der Waals surface area contributed by atoms with Crippen LogP contribution in [-0.2, 0) is 14.3 Å². The zero-order valence-corrected chi connectivity index (χ0v) is 15.0. The largest absolute Gasteiger partial charge is 0.480 e. The predicted octanol–water partition coefficient (Wildman–Crippen LogP) is 2.38. The number of amides is 1. The number of carbonyl (C=O) groups is 2. The third kappa shape index (κ3) is 11.8. The number of aliphatic hydroxyl groups is 1. The molecular formula is C18H31NO5. The van der Waals surface area contributed by atoms with Crippen LogP contribution >= 0.6 is 0 Å². The third-order valence-corrected chi connectivity index (χ3v) is 3.52. The van der Waals surface area contributed by atoms with Gasteiger partial charge < -0.3 is 19.8 Å². The fourth-order valence-electron chi connectivity index (χ4n) is 2.14. The summed E-state index contributed by atoms with van der Waals surface area (Å²) >= 11 is 0. The van der Waals surface area contributed by atoms with E-state index in [0.29, 0.717) is 6.54 Å². The van der Waals surface area contributed by atoms with Crippen molar-refractivity contribution in [2.45, 2.75) is 58.6 Å². The smallest absolute Gasteiger partial charge is 0.329 e. The molecule has 0 fully saturated rings. The summed E-state index contributed by atoms with van der Waals surface area (Å²) in [7, 11) is 0. The second kappa shape index (κ2) is 13.7. The molecule has 24 heavy (non-hydrogen) atoms. The molecule has 6 heteroatoms. The van der Waals surface area contributed by atoms with Crippen LogP contribution in [0.3, 0.4) is 0 Å². The van der Waals surface area contributed by atoms with Crippen molar-refractivity contribution < 1.29 is 24.5 Å². The third-order valence-electron chi connectivity index (χ3n) is 3.52. The van der Waals surface area contributed by atoms with Crippen molar-refractivity contribution in [1.82, 2.24) is 4.90 Å². The zero-order chi connectivity index (χ0) is 18.4. The van der Waals surface area contributed by atoms with Crippen molar-refractivity contribution in [3.8, 4) is 0 Å². The first kappa shape index (κ1) is 22.3. The maximum atomic E-state index is 11.7. The second-order valence-corrected chi connectivity index (χ2v) is 5.74. The minimum Gasteiger partial charge on any atom is -0.480 e. The van der Waals surface area contributed by atoms with Crippen LogP contribution in [-0.4, -0.2) is 58.9 Å². The number of carbonyl (C=O) groups excluding carboxylic acids is 1. The van der Waals surface area contributed by atoms with Crippen molar-refractivity contribution in [3.05, 3.63) is 24.3 Å². The SMILES string of the molecule is CCCCCC(O)/C=C/[C@@H](C)N(C/C=C\COCC(=O)O)C(C)=O. The molecule has 0 heterocycles. The number of aliphatic carboxylic acids is 1. The van der Waals surface area contributed by atoms with Gasteiger partial charge in [-0.15, -0.1) is 0 Å². The summed E-state index contributed by atoms with van der Waals surface area (Å²) in [4.78, 5) is 23.7. The summed E-state index contributed by atoms with van der Waals surface area (Å²) in [6.45, 7) is 5.77. The van der Waals surface area contributed by atoms with Crippen LogP contribution < -0.4 is 0 Å². The van der Waals surface area contributed by atoms with Gasteiger partial charge in [0.15, 0.2) is 0 Å². The molecule has 1 unspecified atom stereocenters. The first-order valence-electron chi connectivity index (χ1n) is 8.46. The number of hydrogen-bond acceptors (Lipinski definition) is 4. The second-order valence-electron chi connectivity index (χ2n) is 5.74. The fraction of sp³-hybridized carbons (Fsp3) is 0.667. The number of unbranched alkanes of at least 4 members (excludes halogenated alkanes) is 2. The maximum absolute atomic E-state index is 11.7. The molecule has 0 aliphatic rings. The lowest BCUT2D eigenvalue weighted by atomic mass is 10.1. The Balaban J connectivity index is 4.30. The van der Waals surface area contributed by atoms with Gasteiger partial charge in [-0.25, -0.2) is 4.79 Å². The number of nitrogens with zero attached hydrogens (tertiary/aromatic N) is 1. The van der Waals surface area contributed by atoms with Crippen molar-refractivity contribution in [2.24, 2.45) is 0 Å². The average Bonchev–Trinajstić information content (AvgIpc) is 2.51. The Kier molecular flexibility index (Phi) is 12.8. The molecule has 0 aromatic rings. The maximum Gasteiger partial charge on any atom is 0.329 e. The minimum absolute atomic E-state index is 0.0660. The zero-order valence-electron chi connectivity index (χ0n) is 15.0. The molecule has 0 saturated carbocycles. The van der Waals surface area contributed by atoms with Crippen LogP contribution in [0.5, 0.6) is 0 Å². The van der Waals surface area contributed by atoms with E-state index in [1.807, 2.05) is 13.0 Å². The van der Waals surface area contributed by atoms with Gasteiger partial charge in [0.2, 0.25) is 5.91 Å². The van der Waals surface area contributed by atoms with Crippen molar-refractivity contribution >= 4 is 11.9 Å². The summed E-state index contributed by atoms with van der Waals surface area (Å²) in [5, 5.41) is 18.3. The Morgan fingerprint density at radius 3 is 2.50 bits per heavy atom. The number of hydrogen-bond donors (Lipinski definition) is 2. The van der Waals surface area contributed by atoms with E-state index in [1.54, 1.807) is 23.1 Å². The molecular weight excluding hydrogens is 310 g/mol. The van der Waals surface area contributed by atoms with E-state index in [0.717, 1.165) is 25.7 Å². The Bertz CT molecular complexity index is 420. The first-order chi connectivity index (χ1) is 11.4. The van der Waals surface area contributed by atoms with Crippen LogP contribution in [0.15, 0.2) is 24.3 Å². The molecule has 2 N–H and O–H groups in total. The van der Waals surface area contributed by atoms with Gasteiger partial charge in [0.1, 0.15) is 6.61 Å². The molecule has 0 rings (SSSR count). The summed E-state index contributed by atoms with van der Waals surface area (Å²) < 4.78 is 4.89. The molecule has 2 atom stereocenters. The lowest BCUT2D eigenvalue weighted by molar-refractivity contribution is -0.141. The summed E-state index contributed by atoms with van der Waals surface area (Å²) in [6, 6.07) is -0.132. The standard InChI is InChI=1S/C18H31NO5/c1-4-5-6-9-17(21)11-10-15(2)19(16(3)20)12-7-8-13-24-14-18(22)23/h7-8,10-11,15,17,21H,4-6,9,12-14H2,1-3H3,(H,22,23)/b8-7-,11-10+/t15-,17?/m1/s1. The average molecular weight is 341 g/mol. The van der Waals surface area contributed by atoms with Crippen LogP contribution in [0, 0.1) is 0 Å². The molecule has 0 radical (unpaired) electrons. The van der Waals surface area contributed by atoms with Gasteiger partial charge in [0, 0.05) is 19.5 Å². The van der Waals surface area contributed by atoms with Gasteiger partial charge in [-0.1, -0.05) is 50.5 Å². The number of carboxylic acid groups (broad SMARTS) is 1.